The van der Waals surface area contributed by atoms with Gasteiger partial charge in [0.1, 0.15) is 11.6 Å². The second-order valence-electron chi connectivity index (χ2n) is 9.80. The van der Waals surface area contributed by atoms with E-state index in [9.17, 15) is 5.11 Å². The Morgan fingerprint density at radius 3 is 2.76 bits per heavy atom. The van der Waals surface area contributed by atoms with Crippen LogP contribution >= 0.6 is 0 Å². The van der Waals surface area contributed by atoms with Gasteiger partial charge in [0, 0.05) is 50.0 Å². The van der Waals surface area contributed by atoms with Gasteiger partial charge < -0.3 is 20.1 Å². The van der Waals surface area contributed by atoms with E-state index >= 15 is 0 Å². The van der Waals surface area contributed by atoms with E-state index in [0.717, 1.165) is 62.4 Å². The van der Waals surface area contributed by atoms with Gasteiger partial charge in [-0.2, -0.15) is 0 Å². The van der Waals surface area contributed by atoms with Crippen molar-refractivity contribution in [2.75, 3.05) is 37.0 Å². The van der Waals surface area contributed by atoms with Crippen LogP contribution in [-0.4, -0.2) is 68.6 Å². The second kappa shape index (κ2) is 9.84. The quantitative estimate of drug-likeness (QED) is 0.548. The van der Waals surface area contributed by atoms with Crippen LogP contribution in [0.1, 0.15) is 67.9 Å². The molecule has 4 heterocycles. The van der Waals surface area contributed by atoms with E-state index in [2.05, 4.69) is 42.7 Å². The van der Waals surface area contributed by atoms with E-state index < -0.39 is 0 Å². The topological polar surface area (TPSA) is 101 Å². The molecule has 9 nitrogen and oxygen atoms in total. The van der Waals surface area contributed by atoms with E-state index in [1.807, 2.05) is 25.4 Å². The molecular weight excluding hydrogens is 430 g/mol. The lowest BCUT2D eigenvalue weighted by Gasteiger charge is -2.25. The van der Waals surface area contributed by atoms with Gasteiger partial charge in [0.05, 0.1) is 24.4 Å². The Kier molecular flexibility index (Phi) is 6.65. The molecule has 1 saturated carbocycles. The molecule has 0 unspecified atom stereocenters. The number of fused-ring (bicyclic) bond motifs is 1. The fourth-order valence-corrected chi connectivity index (χ4v) is 5.45. The van der Waals surface area contributed by atoms with Gasteiger partial charge in [0.2, 0.25) is 5.95 Å². The average Bonchev–Trinajstić information content (AvgIpc) is 3.45. The van der Waals surface area contributed by atoms with Crippen LogP contribution in [0.2, 0.25) is 0 Å². The summed E-state index contributed by atoms with van der Waals surface area (Å²) in [6.45, 7) is 6.47. The molecule has 9 heteroatoms. The Balaban J connectivity index is 1.46. The number of aryl methyl sites for hydroxylation is 1. The Bertz CT molecular complexity index is 1130. The lowest BCUT2D eigenvalue weighted by molar-refractivity contribution is 0.121. The summed E-state index contributed by atoms with van der Waals surface area (Å²) in [4.78, 5) is 15.9. The number of aliphatic hydroxyl groups is 1. The zero-order chi connectivity index (χ0) is 23.7. The molecule has 2 fully saturated rings. The molecule has 2 aliphatic rings. The largest absolute Gasteiger partial charge is 0.393 e. The molecule has 0 amide bonds. The van der Waals surface area contributed by atoms with Crippen LogP contribution in [0.15, 0.2) is 24.5 Å². The zero-order valence-corrected chi connectivity index (χ0v) is 20.3. The Labute approximate surface area is 200 Å². The summed E-state index contributed by atoms with van der Waals surface area (Å²) in [6.07, 6.45) is 8.34. The summed E-state index contributed by atoms with van der Waals surface area (Å²) in [6, 6.07) is 4.47. The Hall–Kier alpha value is -2.78. The Morgan fingerprint density at radius 1 is 1.18 bits per heavy atom. The van der Waals surface area contributed by atoms with E-state index in [-0.39, 0.29) is 12.1 Å². The highest BCUT2D eigenvalue weighted by Crippen LogP contribution is 2.39. The number of rotatable bonds is 7. The molecule has 2 N–H and O–H groups in total. The van der Waals surface area contributed by atoms with Gasteiger partial charge in [-0.05, 0) is 63.6 Å². The fraction of sp³-hybridized carbons (Fsp3) is 0.600. The van der Waals surface area contributed by atoms with Crippen molar-refractivity contribution in [1.29, 1.82) is 0 Å². The average molecular weight is 466 g/mol. The number of anilines is 2. The predicted octanol–water partition coefficient (Wildman–Crippen LogP) is 3.29. The van der Waals surface area contributed by atoms with Crippen molar-refractivity contribution < 1.29 is 9.84 Å². The summed E-state index contributed by atoms with van der Waals surface area (Å²) in [5.74, 6) is 3.19. The van der Waals surface area contributed by atoms with Crippen molar-refractivity contribution in [3.63, 3.8) is 0 Å². The van der Waals surface area contributed by atoms with Crippen molar-refractivity contribution in [2.45, 2.75) is 69.9 Å². The van der Waals surface area contributed by atoms with Gasteiger partial charge in [-0.1, -0.05) is 0 Å². The van der Waals surface area contributed by atoms with Gasteiger partial charge in [-0.3, -0.25) is 0 Å². The van der Waals surface area contributed by atoms with Crippen molar-refractivity contribution in [2.24, 2.45) is 0 Å². The third-order valence-electron chi connectivity index (χ3n) is 7.20. The highest BCUT2D eigenvalue weighted by atomic mass is 16.5. The van der Waals surface area contributed by atoms with Crippen LogP contribution in [0.5, 0.6) is 0 Å². The molecule has 182 valence electrons. The molecule has 5 rings (SSSR count). The van der Waals surface area contributed by atoms with Gasteiger partial charge in [0.25, 0.3) is 0 Å². The van der Waals surface area contributed by atoms with Crippen LogP contribution in [0, 0.1) is 6.92 Å². The number of nitrogens with one attached hydrogen (secondary N) is 1. The van der Waals surface area contributed by atoms with Gasteiger partial charge in [-0.15, -0.1) is 5.10 Å². The monoisotopic (exact) mass is 465 g/mol. The molecule has 3 aromatic heterocycles. The highest BCUT2D eigenvalue weighted by Gasteiger charge is 2.31. The Morgan fingerprint density at radius 2 is 2.00 bits per heavy atom. The third-order valence-corrected chi connectivity index (χ3v) is 7.20. The summed E-state index contributed by atoms with van der Waals surface area (Å²) >= 11 is 0. The molecule has 0 bridgehead atoms. The molecule has 2 atom stereocenters. The standard InChI is InChI=1S/C25H35N7O2/c1-16(15-34-3)28-25-27-13-23-21(12-22(32(23)30-25)18-4-6-20(33)7-5-18)19-9-11-31(14-19)24-8-10-26-17(2)29-24/h8,10,12-13,16,18-20,33H,4-7,9,11,14-15H2,1-3H3,(H,28,30)/t16-,18-,19+,20-/m0/s1. The van der Waals surface area contributed by atoms with Crippen molar-refractivity contribution in [1.82, 2.24) is 24.6 Å². The summed E-state index contributed by atoms with van der Waals surface area (Å²) in [5.41, 5.74) is 3.63. The number of ether oxygens (including phenoxy) is 1. The van der Waals surface area contributed by atoms with E-state index in [1.54, 1.807) is 7.11 Å². The van der Waals surface area contributed by atoms with Crippen LogP contribution in [-0.2, 0) is 4.74 Å². The van der Waals surface area contributed by atoms with Gasteiger partial charge in [0.15, 0.2) is 0 Å². The number of aromatic nitrogens is 5. The zero-order valence-electron chi connectivity index (χ0n) is 20.3. The number of hydrogen-bond donors (Lipinski definition) is 2. The molecule has 0 radical (unpaired) electrons. The smallest absolute Gasteiger partial charge is 0.241 e. The lowest BCUT2D eigenvalue weighted by Crippen LogP contribution is -2.23. The van der Waals surface area contributed by atoms with Gasteiger partial charge in [-0.25, -0.2) is 19.5 Å². The summed E-state index contributed by atoms with van der Waals surface area (Å²) in [7, 11) is 1.70. The van der Waals surface area contributed by atoms with Crippen molar-refractivity contribution in [3.8, 4) is 0 Å². The normalized spacial score (nSPS) is 24.0. The molecule has 1 aliphatic heterocycles. The second-order valence-corrected chi connectivity index (χ2v) is 9.80. The maximum absolute atomic E-state index is 10.0. The molecule has 34 heavy (non-hydrogen) atoms. The number of methoxy groups -OCH3 is 1. The summed E-state index contributed by atoms with van der Waals surface area (Å²) < 4.78 is 7.36. The van der Waals surface area contributed by atoms with Crippen LogP contribution < -0.4 is 10.2 Å². The number of hydrogen-bond acceptors (Lipinski definition) is 8. The van der Waals surface area contributed by atoms with Crippen LogP contribution in [0.3, 0.4) is 0 Å². The molecule has 1 saturated heterocycles. The van der Waals surface area contributed by atoms with Crippen LogP contribution in [0.4, 0.5) is 11.8 Å². The molecule has 3 aromatic rings. The minimum Gasteiger partial charge on any atom is -0.393 e. The first-order valence-corrected chi connectivity index (χ1v) is 12.4. The van der Waals surface area contributed by atoms with E-state index in [4.69, 9.17) is 9.84 Å². The summed E-state index contributed by atoms with van der Waals surface area (Å²) in [5, 5.41) is 18.3. The lowest BCUT2D eigenvalue weighted by atomic mass is 9.85. The van der Waals surface area contributed by atoms with E-state index in [0.29, 0.717) is 24.4 Å². The first-order valence-electron chi connectivity index (χ1n) is 12.4. The predicted molar refractivity (Wildman–Crippen MR) is 132 cm³/mol. The first-order chi connectivity index (χ1) is 16.5. The molecule has 1 aliphatic carbocycles. The maximum atomic E-state index is 10.0. The fourth-order valence-electron chi connectivity index (χ4n) is 5.45. The minimum absolute atomic E-state index is 0.116. The number of nitrogens with zero attached hydrogens (tertiary/aromatic N) is 6. The SMILES string of the molecule is COC[C@H](C)Nc1ncc2c([C@@H]3CCN(c4ccnc(C)n4)C3)cc([C@H]3CC[C@H](O)CC3)n2n1. The van der Waals surface area contributed by atoms with E-state index in [1.165, 1.54) is 11.3 Å². The highest BCUT2D eigenvalue weighted by molar-refractivity contribution is 5.60. The van der Waals surface area contributed by atoms with Gasteiger partial charge >= 0.3 is 0 Å². The molecule has 0 spiro atoms. The molecular formula is C25H35N7O2. The van der Waals surface area contributed by atoms with Crippen LogP contribution in [0.25, 0.3) is 5.52 Å². The minimum atomic E-state index is -0.177. The van der Waals surface area contributed by atoms with Crippen molar-refractivity contribution in [3.05, 3.63) is 41.6 Å². The number of aliphatic hydroxyl groups excluding tert-OH is 1. The van der Waals surface area contributed by atoms with Crippen molar-refractivity contribution >= 4 is 17.3 Å². The maximum Gasteiger partial charge on any atom is 0.241 e. The third kappa shape index (κ3) is 4.72. The molecule has 0 aromatic carbocycles. The first kappa shape index (κ1) is 23.0.